The molecule has 12 heteroatoms. The first-order valence-corrected chi connectivity index (χ1v) is 13.3. The lowest BCUT2D eigenvalue weighted by atomic mass is 9.78. The van der Waals surface area contributed by atoms with Gasteiger partial charge in [-0.1, -0.05) is 0 Å². The summed E-state index contributed by atoms with van der Waals surface area (Å²) in [6.07, 6.45) is 2.02. The van der Waals surface area contributed by atoms with E-state index < -0.39 is 21.7 Å². The zero-order chi connectivity index (χ0) is 23.2. The summed E-state index contributed by atoms with van der Waals surface area (Å²) in [5.74, 6) is 1.42. The summed E-state index contributed by atoms with van der Waals surface area (Å²) in [5.41, 5.74) is -0.792. The largest absolute Gasteiger partial charge is 0.371 e. The third-order valence-corrected chi connectivity index (χ3v) is 8.96. The summed E-state index contributed by atoms with van der Waals surface area (Å²) in [7, 11) is -0.117. The number of nitriles is 1. The van der Waals surface area contributed by atoms with E-state index >= 15 is 0 Å². The van der Waals surface area contributed by atoms with Crippen LogP contribution in [0.5, 0.6) is 0 Å². The molecule has 0 radical (unpaired) electrons. The lowest BCUT2D eigenvalue weighted by Crippen LogP contribution is -2.63. The van der Waals surface area contributed by atoms with E-state index in [9.17, 15) is 4.57 Å². The smallest absolute Gasteiger partial charge is 0.353 e. The molecule has 9 nitrogen and oxygen atoms in total. The van der Waals surface area contributed by atoms with Gasteiger partial charge in [-0.3, -0.25) is 4.57 Å². The Hall–Kier alpha value is -0.325. The minimum Gasteiger partial charge on any atom is -0.371 e. The van der Waals surface area contributed by atoms with Crippen LogP contribution in [0.15, 0.2) is 11.9 Å². The molecule has 3 rings (SSSR count). The van der Waals surface area contributed by atoms with Crippen LogP contribution in [0.25, 0.3) is 0 Å². The molecule has 3 aliphatic heterocycles. The highest BCUT2D eigenvalue weighted by atomic mass is 31.2. The number of hydrogen-bond acceptors (Lipinski definition) is 9. The third-order valence-electron chi connectivity index (χ3n) is 5.27. The Balaban J connectivity index is 2.24. The molecule has 5 atom stereocenters. The molecule has 0 aromatic heterocycles. The van der Waals surface area contributed by atoms with Crippen molar-refractivity contribution in [2.75, 3.05) is 27.4 Å². The number of rotatable bonds is 12. The minimum atomic E-state index is -3.33. The fourth-order valence-electron chi connectivity index (χ4n) is 3.90. The quantitative estimate of drug-likeness (QED) is 0.239. The van der Waals surface area contributed by atoms with E-state index in [-0.39, 0.29) is 30.3 Å². The van der Waals surface area contributed by atoms with Crippen LogP contribution in [-0.4, -0.2) is 75.8 Å². The van der Waals surface area contributed by atoms with Crippen LogP contribution in [0.3, 0.4) is 0 Å². The summed E-state index contributed by atoms with van der Waals surface area (Å²) in [5, 5.41) is 8.91. The summed E-state index contributed by atoms with van der Waals surface area (Å²) in [4.78, 5) is 0. The van der Waals surface area contributed by atoms with Gasteiger partial charge >= 0.3 is 7.60 Å². The van der Waals surface area contributed by atoms with E-state index in [2.05, 4.69) is 38.4 Å². The molecule has 3 heterocycles. The predicted octanol–water partition coefficient (Wildman–Crippen LogP) is 3.16. The van der Waals surface area contributed by atoms with Crippen LogP contribution in [0.1, 0.15) is 40.5 Å². The highest BCUT2D eigenvalue weighted by Gasteiger charge is 2.52. The molecular weight excluding hydrogens is 441 g/mol. The van der Waals surface area contributed by atoms with Crippen LogP contribution in [-0.2, 0) is 32.1 Å². The Morgan fingerprint density at radius 3 is 2.48 bits per heavy atom. The van der Waals surface area contributed by atoms with Crippen LogP contribution in [0.2, 0.25) is 0 Å². The van der Waals surface area contributed by atoms with Gasteiger partial charge in [-0.2, -0.15) is 5.26 Å². The average Bonchev–Trinajstić information content (AvgIpc) is 2.72. The van der Waals surface area contributed by atoms with Crippen molar-refractivity contribution in [2.24, 2.45) is 0 Å². The first-order chi connectivity index (χ1) is 14.6. The van der Waals surface area contributed by atoms with Gasteiger partial charge < -0.3 is 27.6 Å². The van der Waals surface area contributed by atoms with Crippen molar-refractivity contribution in [2.45, 2.75) is 76.4 Å². The Kier molecular flexibility index (Phi) is 10.2. The Labute approximate surface area is 188 Å². The fraction of sp³-hybridized carbons (Fsp3) is 0.842. The van der Waals surface area contributed by atoms with Crippen LogP contribution in [0.4, 0.5) is 0 Å². The van der Waals surface area contributed by atoms with Crippen molar-refractivity contribution in [3.05, 3.63) is 11.9 Å². The van der Waals surface area contributed by atoms with Gasteiger partial charge in [0.05, 0.1) is 37.8 Å². The highest BCUT2D eigenvalue weighted by molar-refractivity contribution is 7.57. The maximum absolute atomic E-state index is 12.5. The summed E-state index contributed by atoms with van der Waals surface area (Å²) in [6.45, 7) is 9.02. The molecule has 0 saturated carbocycles. The van der Waals surface area contributed by atoms with Gasteiger partial charge in [0.15, 0.2) is 0 Å². The van der Waals surface area contributed by atoms with Crippen LogP contribution in [0, 0.1) is 11.3 Å². The molecule has 176 valence electrons. The second kappa shape index (κ2) is 11.7. The fourth-order valence-corrected chi connectivity index (χ4v) is 6.48. The molecule has 2 bridgehead atoms. The summed E-state index contributed by atoms with van der Waals surface area (Å²) >= 11 is 0. The number of ether oxygens (including phenoxy) is 2. The molecular formula is C19H35BN2O7P2. The molecule has 3 aliphatic rings. The molecule has 0 aromatic rings. The van der Waals surface area contributed by atoms with Crippen molar-refractivity contribution in [1.29, 1.82) is 5.26 Å². The van der Waals surface area contributed by atoms with E-state index in [0.717, 1.165) is 0 Å². The predicted molar refractivity (Wildman–Crippen MR) is 121 cm³/mol. The van der Waals surface area contributed by atoms with Gasteiger partial charge in [0.2, 0.25) is 0 Å². The van der Waals surface area contributed by atoms with Crippen molar-refractivity contribution < 1.29 is 32.1 Å². The zero-order valence-electron chi connectivity index (χ0n) is 19.5. The van der Waals surface area contributed by atoms with E-state index in [0.29, 0.717) is 26.1 Å². The number of fused-ring (bicyclic) bond motifs is 3. The molecule has 0 aromatic carbocycles. The standard InChI is InChI=1S/C19H35BN2O7P2/c1-14(2)22(15(3)4)30(27-10-7-9-21)29-16-12-19(8-11-31(23,24-5)25-6)13-26-17(16)18(20)28-19/h8,11,14-18H,7,10,12-13,20H2,1-6H3/b11-8+/t16?,17-,18?,19-,30?/m1/s1. The van der Waals surface area contributed by atoms with Crippen LogP contribution >= 0.6 is 16.1 Å². The van der Waals surface area contributed by atoms with Gasteiger partial charge in [0.25, 0.3) is 8.53 Å². The SMILES string of the molecule is BC1O[C@@]2(/C=C/P(=O)(OC)OC)CO[C@@H]1C(OP(OCCC#N)N(C(C)C)C(C)C)C2. The van der Waals surface area contributed by atoms with Gasteiger partial charge in [0.1, 0.15) is 19.6 Å². The minimum absolute atomic E-state index is 0.201. The van der Waals surface area contributed by atoms with E-state index in [4.69, 9.17) is 32.8 Å². The molecule has 31 heavy (non-hydrogen) atoms. The Bertz CT molecular complexity index is 689. The van der Waals surface area contributed by atoms with Crippen molar-refractivity contribution in [3.63, 3.8) is 0 Å². The highest BCUT2D eigenvalue weighted by Crippen LogP contribution is 2.53. The monoisotopic (exact) mass is 476 g/mol. The molecule has 3 fully saturated rings. The molecule has 0 aliphatic carbocycles. The first kappa shape index (κ1) is 26.9. The molecule has 0 amide bonds. The van der Waals surface area contributed by atoms with Crippen molar-refractivity contribution >= 4 is 24.0 Å². The number of hydrogen-bond donors (Lipinski definition) is 0. The lowest BCUT2D eigenvalue weighted by molar-refractivity contribution is -0.258. The lowest BCUT2D eigenvalue weighted by Gasteiger charge is -2.53. The molecule has 3 saturated heterocycles. The Morgan fingerprint density at radius 1 is 1.32 bits per heavy atom. The van der Waals surface area contributed by atoms with E-state index in [1.807, 2.05) is 7.85 Å². The van der Waals surface area contributed by atoms with Crippen molar-refractivity contribution in [1.82, 2.24) is 4.67 Å². The second-order valence-electron chi connectivity index (χ2n) is 8.28. The zero-order valence-corrected chi connectivity index (χ0v) is 21.3. The Morgan fingerprint density at radius 2 is 1.97 bits per heavy atom. The van der Waals surface area contributed by atoms with Gasteiger partial charge in [-0.25, -0.2) is 4.67 Å². The normalized spacial score (nSPS) is 29.9. The van der Waals surface area contributed by atoms with Crippen molar-refractivity contribution in [3.8, 4) is 6.07 Å². The summed E-state index contributed by atoms with van der Waals surface area (Å²) < 4.78 is 49.5. The molecule has 0 N–H and O–H groups in total. The average molecular weight is 476 g/mol. The maximum Gasteiger partial charge on any atom is 0.353 e. The molecule has 0 spiro atoms. The van der Waals surface area contributed by atoms with Gasteiger partial charge in [-0.05, 0) is 33.8 Å². The van der Waals surface area contributed by atoms with Gasteiger partial charge in [0, 0.05) is 38.5 Å². The maximum atomic E-state index is 12.5. The van der Waals surface area contributed by atoms with Crippen LogP contribution < -0.4 is 0 Å². The van der Waals surface area contributed by atoms with E-state index in [1.54, 1.807) is 6.08 Å². The van der Waals surface area contributed by atoms with Gasteiger partial charge in [-0.15, -0.1) is 0 Å². The molecule has 3 unspecified atom stereocenters. The number of nitrogens with zero attached hydrogens (tertiary/aromatic N) is 2. The first-order valence-electron chi connectivity index (χ1n) is 10.6. The second-order valence-corrected chi connectivity index (χ2v) is 11.8. The van der Waals surface area contributed by atoms with E-state index in [1.165, 1.54) is 20.0 Å². The topological polar surface area (TPSA) is 99.5 Å². The third kappa shape index (κ3) is 6.83. The summed E-state index contributed by atoms with van der Waals surface area (Å²) in [6, 6.07) is 2.30.